The third-order valence-corrected chi connectivity index (χ3v) is 2.22. The fourth-order valence-electron chi connectivity index (χ4n) is 1.44. The SMILES string of the molecule is CNCCc1c(F)ccc(OC)c1[N+](=O)[O-]. The van der Waals surface area contributed by atoms with E-state index in [1.807, 2.05) is 0 Å². The number of nitrogens with zero attached hydrogens (tertiary/aromatic N) is 1. The summed E-state index contributed by atoms with van der Waals surface area (Å²) >= 11 is 0. The first-order chi connectivity index (χ1) is 7.61. The Labute approximate surface area is 92.4 Å². The molecule has 0 heterocycles. The molecule has 0 bridgehead atoms. The molecule has 0 spiro atoms. The van der Waals surface area contributed by atoms with Crippen LogP contribution in [0.4, 0.5) is 10.1 Å². The Kier molecular flexibility index (Phi) is 4.19. The highest BCUT2D eigenvalue weighted by Crippen LogP contribution is 2.32. The minimum absolute atomic E-state index is 0.0682. The molecule has 1 aromatic carbocycles. The van der Waals surface area contributed by atoms with Crippen molar-refractivity contribution in [3.05, 3.63) is 33.6 Å². The zero-order valence-electron chi connectivity index (χ0n) is 9.12. The Morgan fingerprint density at radius 2 is 2.25 bits per heavy atom. The molecule has 5 nitrogen and oxygen atoms in total. The van der Waals surface area contributed by atoms with E-state index in [9.17, 15) is 14.5 Å². The van der Waals surface area contributed by atoms with E-state index in [1.54, 1.807) is 7.05 Å². The van der Waals surface area contributed by atoms with Gasteiger partial charge < -0.3 is 10.1 Å². The molecule has 0 atom stereocenters. The lowest BCUT2D eigenvalue weighted by Crippen LogP contribution is -2.13. The van der Waals surface area contributed by atoms with Gasteiger partial charge in [0, 0.05) is 0 Å². The number of hydrogen-bond donors (Lipinski definition) is 1. The van der Waals surface area contributed by atoms with Crippen LogP contribution in [0.25, 0.3) is 0 Å². The number of nitro groups is 1. The van der Waals surface area contributed by atoms with Gasteiger partial charge in [-0.3, -0.25) is 10.1 Å². The van der Waals surface area contributed by atoms with E-state index < -0.39 is 10.7 Å². The molecule has 0 aromatic heterocycles. The van der Waals surface area contributed by atoms with Gasteiger partial charge in [0.05, 0.1) is 17.6 Å². The monoisotopic (exact) mass is 228 g/mol. The molecular weight excluding hydrogens is 215 g/mol. The summed E-state index contributed by atoms with van der Waals surface area (Å²) in [5.74, 6) is -0.500. The second kappa shape index (κ2) is 5.41. The molecule has 0 amide bonds. The number of nitro benzene ring substituents is 1. The van der Waals surface area contributed by atoms with Crippen molar-refractivity contribution in [1.82, 2.24) is 5.32 Å². The third-order valence-electron chi connectivity index (χ3n) is 2.22. The normalized spacial score (nSPS) is 10.2. The van der Waals surface area contributed by atoms with Gasteiger partial charge in [0.2, 0.25) is 0 Å². The standard InChI is InChI=1S/C10H13FN2O3/c1-12-6-5-7-8(11)3-4-9(16-2)10(7)13(14)15/h3-4,12H,5-6H2,1-2H3. The fraction of sp³-hybridized carbons (Fsp3) is 0.400. The maximum atomic E-state index is 13.5. The van der Waals surface area contributed by atoms with Crippen molar-refractivity contribution in [3.63, 3.8) is 0 Å². The highest BCUT2D eigenvalue weighted by Gasteiger charge is 2.23. The zero-order valence-corrected chi connectivity index (χ0v) is 9.12. The van der Waals surface area contributed by atoms with Crippen molar-refractivity contribution in [1.29, 1.82) is 0 Å². The molecule has 0 aliphatic heterocycles. The molecule has 6 heteroatoms. The van der Waals surface area contributed by atoms with Gasteiger partial charge in [-0.25, -0.2) is 4.39 Å². The first kappa shape index (κ1) is 12.4. The molecule has 0 saturated carbocycles. The fourth-order valence-corrected chi connectivity index (χ4v) is 1.44. The van der Waals surface area contributed by atoms with E-state index in [0.29, 0.717) is 6.54 Å². The topological polar surface area (TPSA) is 64.4 Å². The quantitative estimate of drug-likeness (QED) is 0.612. The smallest absolute Gasteiger partial charge is 0.317 e. The van der Waals surface area contributed by atoms with Crippen LogP contribution in [-0.4, -0.2) is 25.6 Å². The van der Waals surface area contributed by atoms with Crippen LogP contribution in [0.1, 0.15) is 5.56 Å². The summed E-state index contributed by atoms with van der Waals surface area (Å²) in [6, 6.07) is 2.44. The summed E-state index contributed by atoms with van der Waals surface area (Å²) in [5, 5.41) is 13.7. The molecular formula is C10H13FN2O3. The number of methoxy groups -OCH3 is 1. The van der Waals surface area contributed by atoms with Crippen molar-refractivity contribution >= 4 is 5.69 Å². The Bertz CT molecular complexity index is 396. The first-order valence-electron chi connectivity index (χ1n) is 4.76. The maximum Gasteiger partial charge on any atom is 0.317 e. The Balaban J connectivity index is 3.24. The summed E-state index contributed by atoms with van der Waals surface area (Å²) < 4.78 is 18.3. The highest BCUT2D eigenvalue weighted by atomic mass is 19.1. The average Bonchev–Trinajstić information content (AvgIpc) is 2.26. The molecule has 0 fully saturated rings. The summed E-state index contributed by atoms with van der Waals surface area (Å²) in [5.41, 5.74) is -0.226. The summed E-state index contributed by atoms with van der Waals surface area (Å²) in [6.45, 7) is 0.463. The predicted molar refractivity (Wildman–Crippen MR) is 57.2 cm³/mol. The van der Waals surface area contributed by atoms with Crippen LogP contribution in [0, 0.1) is 15.9 Å². The molecule has 16 heavy (non-hydrogen) atoms. The van der Waals surface area contributed by atoms with Crippen molar-refractivity contribution in [2.75, 3.05) is 20.7 Å². The number of nitrogens with one attached hydrogen (secondary N) is 1. The number of hydrogen-bond acceptors (Lipinski definition) is 4. The average molecular weight is 228 g/mol. The molecule has 1 aromatic rings. The van der Waals surface area contributed by atoms with Gasteiger partial charge in [0.1, 0.15) is 5.82 Å². The van der Waals surface area contributed by atoms with Crippen LogP contribution in [-0.2, 0) is 6.42 Å². The number of ether oxygens (including phenoxy) is 1. The lowest BCUT2D eigenvalue weighted by molar-refractivity contribution is -0.386. The third kappa shape index (κ3) is 2.46. The number of rotatable bonds is 5. The maximum absolute atomic E-state index is 13.5. The summed E-state index contributed by atoms with van der Waals surface area (Å²) in [7, 11) is 3.02. The lowest BCUT2D eigenvalue weighted by atomic mass is 10.1. The second-order valence-electron chi connectivity index (χ2n) is 3.19. The molecule has 0 aliphatic carbocycles. The number of benzene rings is 1. The van der Waals surface area contributed by atoms with Gasteiger partial charge in [0.15, 0.2) is 5.75 Å². The van der Waals surface area contributed by atoms with Crippen molar-refractivity contribution in [2.45, 2.75) is 6.42 Å². The molecule has 88 valence electrons. The molecule has 1 rings (SSSR count). The van der Waals surface area contributed by atoms with E-state index in [4.69, 9.17) is 4.74 Å². The summed E-state index contributed by atoms with van der Waals surface area (Å²) in [4.78, 5) is 10.2. The zero-order chi connectivity index (χ0) is 12.1. The molecule has 0 radical (unpaired) electrons. The summed E-state index contributed by atoms with van der Waals surface area (Å²) in [6.07, 6.45) is 0.246. The van der Waals surface area contributed by atoms with Crippen molar-refractivity contribution in [3.8, 4) is 5.75 Å². The molecule has 0 unspecified atom stereocenters. The Hall–Kier alpha value is -1.69. The van der Waals surface area contributed by atoms with E-state index in [2.05, 4.69) is 5.32 Å². The van der Waals surface area contributed by atoms with E-state index in [1.165, 1.54) is 19.2 Å². The highest BCUT2D eigenvalue weighted by molar-refractivity contribution is 5.53. The van der Waals surface area contributed by atoms with Crippen molar-refractivity contribution in [2.24, 2.45) is 0 Å². The van der Waals surface area contributed by atoms with E-state index >= 15 is 0 Å². The van der Waals surface area contributed by atoms with Crippen LogP contribution in [0.5, 0.6) is 5.75 Å². The van der Waals surface area contributed by atoms with Crippen LogP contribution >= 0.6 is 0 Å². The van der Waals surface area contributed by atoms with Gasteiger partial charge in [-0.1, -0.05) is 0 Å². The van der Waals surface area contributed by atoms with Crippen LogP contribution in [0.3, 0.4) is 0 Å². The van der Waals surface area contributed by atoms with Crippen LogP contribution < -0.4 is 10.1 Å². The van der Waals surface area contributed by atoms with Gasteiger partial charge in [-0.15, -0.1) is 0 Å². The number of halogens is 1. The lowest BCUT2D eigenvalue weighted by Gasteiger charge is -2.07. The number of likely N-dealkylation sites (N-methyl/N-ethyl adjacent to an activating group) is 1. The molecule has 0 aliphatic rings. The Morgan fingerprint density at radius 3 is 2.75 bits per heavy atom. The first-order valence-corrected chi connectivity index (χ1v) is 4.76. The second-order valence-corrected chi connectivity index (χ2v) is 3.19. The molecule has 0 saturated heterocycles. The van der Waals surface area contributed by atoms with Crippen LogP contribution in [0.2, 0.25) is 0 Å². The predicted octanol–water partition coefficient (Wildman–Crippen LogP) is 1.50. The largest absolute Gasteiger partial charge is 0.490 e. The van der Waals surface area contributed by atoms with E-state index in [0.717, 1.165) is 0 Å². The van der Waals surface area contributed by atoms with Gasteiger partial charge in [-0.05, 0) is 32.1 Å². The van der Waals surface area contributed by atoms with Crippen LogP contribution in [0.15, 0.2) is 12.1 Å². The van der Waals surface area contributed by atoms with E-state index in [-0.39, 0.29) is 23.4 Å². The van der Waals surface area contributed by atoms with Gasteiger partial charge in [-0.2, -0.15) is 0 Å². The molecule has 1 N–H and O–H groups in total. The van der Waals surface area contributed by atoms with Gasteiger partial charge >= 0.3 is 5.69 Å². The van der Waals surface area contributed by atoms with Gasteiger partial charge in [0.25, 0.3) is 0 Å². The minimum atomic E-state index is -0.618. The van der Waals surface area contributed by atoms with Crippen molar-refractivity contribution < 1.29 is 14.1 Å². The minimum Gasteiger partial charge on any atom is -0.490 e. The Morgan fingerprint density at radius 1 is 1.56 bits per heavy atom.